The Labute approximate surface area is 165 Å². The Balaban J connectivity index is 1.44. The number of amides is 1. The lowest BCUT2D eigenvalue weighted by Gasteiger charge is -2.45. The minimum absolute atomic E-state index is 0.0527. The summed E-state index contributed by atoms with van der Waals surface area (Å²) in [4.78, 5) is 28.2. The fourth-order valence-corrected chi connectivity index (χ4v) is 5.01. The van der Waals surface area contributed by atoms with Crippen molar-refractivity contribution in [3.05, 3.63) is 40.6 Å². The van der Waals surface area contributed by atoms with Crippen molar-refractivity contribution in [1.82, 2.24) is 14.4 Å². The van der Waals surface area contributed by atoms with Crippen LogP contribution >= 0.6 is 0 Å². The summed E-state index contributed by atoms with van der Waals surface area (Å²) in [7, 11) is 1.89. The third kappa shape index (κ3) is 3.63. The van der Waals surface area contributed by atoms with E-state index >= 15 is 0 Å². The first kappa shape index (κ1) is 18.9. The molecule has 7 nitrogen and oxygen atoms in total. The summed E-state index contributed by atoms with van der Waals surface area (Å²) in [5, 5.41) is 11.8. The SMILES string of the molecule is CN(C[C@@H]1CCCN2CCCC[C@@H]12)C(=O)Cn1ccc2c([N+](=O)[O-])cccc21. The third-order valence-corrected chi connectivity index (χ3v) is 6.46. The number of hydrogen-bond donors (Lipinski definition) is 0. The second kappa shape index (κ2) is 7.91. The molecule has 1 amide bonds. The minimum Gasteiger partial charge on any atom is -0.344 e. The van der Waals surface area contributed by atoms with Gasteiger partial charge in [0.05, 0.1) is 15.8 Å². The highest BCUT2D eigenvalue weighted by Crippen LogP contribution is 2.31. The zero-order valence-electron chi connectivity index (χ0n) is 16.4. The summed E-state index contributed by atoms with van der Waals surface area (Å²) in [6, 6.07) is 7.34. The van der Waals surface area contributed by atoms with E-state index in [9.17, 15) is 14.9 Å². The number of fused-ring (bicyclic) bond motifs is 2. The van der Waals surface area contributed by atoms with Gasteiger partial charge in [-0.1, -0.05) is 12.5 Å². The summed E-state index contributed by atoms with van der Waals surface area (Å²) in [5.74, 6) is 0.599. The maximum atomic E-state index is 12.9. The molecule has 2 aliphatic rings. The summed E-state index contributed by atoms with van der Waals surface area (Å²) < 4.78 is 1.81. The molecule has 0 saturated carbocycles. The highest BCUT2D eigenvalue weighted by Gasteiger charge is 2.34. The molecule has 1 aromatic heterocycles. The average Bonchev–Trinajstić information content (AvgIpc) is 3.11. The van der Waals surface area contributed by atoms with Crippen LogP contribution in [0.4, 0.5) is 5.69 Å². The van der Waals surface area contributed by atoms with Gasteiger partial charge in [-0.05, 0) is 56.8 Å². The number of aromatic nitrogens is 1. The number of carbonyl (C=O) groups is 1. The molecular weight excluding hydrogens is 356 g/mol. The molecule has 0 N–H and O–H groups in total. The van der Waals surface area contributed by atoms with Crippen molar-refractivity contribution < 1.29 is 9.72 Å². The van der Waals surface area contributed by atoms with Gasteiger partial charge in [0.25, 0.3) is 5.69 Å². The van der Waals surface area contributed by atoms with Crippen molar-refractivity contribution in [2.24, 2.45) is 5.92 Å². The first-order valence-electron chi connectivity index (χ1n) is 10.2. The number of rotatable bonds is 5. The van der Waals surface area contributed by atoms with Crippen molar-refractivity contribution in [3.8, 4) is 0 Å². The maximum Gasteiger partial charge on any atom is 0.278 e. The standard InChI is InChI=1S/C21H28N4O3/c1-22(14-16-6-5-12-23-11-3-2-7-18(16)23)21(26)15-24-13-10-17-19(24)8-4-9-20(17)25(27)28/h4,8-10,13,16,18H,2-3,5-7,11-12,14-15H2,1H3/t16-,18-/m0/s1. The maximum absolute atomic E-state index is 12.9. The monoisotopic (exact) mass is 384 g/mol. The predicted molar refractivity (Wildman–Crippen MR) is 108 cm³/mol. The van der Waals surface area contributed by atoms with Gasteiger partial charge in [-0.2, -0.15) is 0 Å². The molecule has 28 heavy (non-hydrogen) atoms. The third-order valence-electron chi connectivity index (χ3n) is 6.46. The number of non-ortho nitro benzene ring substituents is 1. The number of nitro benzene ring substituents is 1. The molecule has 4 rings (SSSR count). The van der Waals surface area contributed by atoms with Gasteiger partial charge in [0.15, 0.2) is 0 Å². The Hall–Kier alpha value is -2.41. The molecule has 150 valence electrons. The van der Waals surface area contributed by atoms with E-state index in [1.165, 1.54) is 51.3 Å². The van der Waals surface area contributed by atoms with Crippen molar-refractivity contribution in [1.29, 1.82) is 0 Å². The second-order valence-electron chi connectivity index (χ2n) is 8.19. The van der Waals surface area contributed by atoms with Gasteiger partial charge in [0.2, 0.25) is 5.91 Å². The molecule has 0 radical (unpaired) electrons. The van der Waals surface area contributed by atoms with Gasteiger partial charge in [-0.25, -0.2) is 0 Å². The zero-order chi connectivity index (χ0) is 19.7. The molecule has 2 atom stereocenters. The van der Waals surface area contributed by atoms with E-state index in [0.29, 0.717) is 17.3 Å². The number of piperidine rings is 2. The number of benzene rings is 1. The van der Waals surface area contributed by atoms with Crippen LogP contribution in [0.15, 0.2) is 30.5 Å². The van der Waals surface area contributed by atoms with Gasteiger partial charge in [-0.15, -0.1) is 0 Å². The predicted octanol–water partition coefficient (Wildman–Crippen LogP) is 3.27. The van der Waals surface area contributed by atoms with Crippen LogP contribution in [0.2, 0.25) is 0 Å². The molecule has 2 fully saturated rings. The van der Waals surface area contributed by atoms with Gasteiger partial charge in [-0.3, -0.25) is 14.9 Å². The molecule has 0 aliphatic carbocycles. The lowest BCUT2D eigenvalue weighted by Crippen LogP contribution is -2.51. The van der Waals surface area contributed by atoms with Crippen LogP contribution in [0.5, 0.6) is 0 Å². The first-order chi connectivity index (χ1) is 13.5. The number of likely N-dealkylation sites (N-methyl/N-ethyl adjacent to an activating group) is 1. The Morgan fingerprint density at radius 2 is 2.04 bits per heavy atom. The first-order valence-corrected chi connectivity index (χ1v) is 10.2. The number of nitrogens with zero attached hydrogens (tertiary/aromatic N) is 4. The number of hydrogen-bond acceptors (Lipinski definition) is 4. The minimum atomic E-state index is -0.375. The number of nitro groups is 1. The number of carbonyl (C=O) groups excluding carboxylic acids is 1. The van der Waals surface area contributed by atoms with E-state index in [0.717, 1.165) is 12.1 Å². The highest BCUT2D eigenvalue weighted by molar-refractivity contribution is 5.90. The fraction of sp³-hybridized carbons (Fsp3) is 0.571. The molecule has 7 heteroatoms. The van der Waals surface area contributed by atoms with Crippen molar-refractivity contribution in [2.45, 2.75) is 44.7 Å². The van der Waals surface area contributed by atoms with E-state index in [2.05, 4.69) is 4.90 Å². The van der Waals surface area contributed by atoms with Crippen molar-refractivity contribution >= 4 is 22.5 Å². The lowest BCUT2D eigenvalue weighted by atomic mass is 9.83. The molecule has 0 unspecified atom stereocenters. The van der Waals surface area contributed by atoms with Crippen LogP contribution in [0.3, 0.4) is 0 Å². The molecule has 3 heterocycles. The van der Waals surface area contributed by atoms with Crippen LogP contribution in [0.1, 0.15) is 32.1 Å². The van der Waals surface area contributed by atoms with Gasteiger partial charge in [0, 0.05) is 31.9 Å². The van der Waals surface area contributed by atoms with Crippen LogP contribution in [-0.2, 0) is 11.3 Å². The largest absolute Gasteiger partial charge is 0.344 e. The van der Waals surface area contributed by atoms with Gasteiger partial charge in [0.1, 0.15) is 6.54 Å². The van der Waals surface area contributed by atoms with E-state index in [1.54, 1.807) is 18.3 Å². The Morgan fingerprint density at radius 3 is 2.86 bits per heavy atom. The molecule has 0 bridgehead atoms. The Bertz CT molecular complexity index is 876. The van der Waals surface area contributed by atoms with Gasteiger partial charge < -0.3 is 14.4 Å². The summed E-state index contributed by atoms with van der Waals surface area (Å²) >= 11 is 0. The molecule has 2 saturated heterocycles. The van der Waals surface area contributed by atoms with Crippen molar-refractivity contribution in [3.63, 3.8) is 0 Å². The summed E-state index contributed by atoms with van der Waals surface area (Å²) in [6.07, 6.45) is 8.02. The molecule has 1 aromatic carbocycles. The summed E-state index contributed by atoms with van der Waals surface area (Å²) in [6.45, 7) is 3.40. The quantitative estimate of drug-likeness (QED) is 0.586. The Kier molecular flexibility index (Phi) is 5.35. The van der Waals surface area contributed by atoms with E-state index < -0.39 is 0 Å². The Morgan fingerprint density at radius 1 is 1.21 bits per heavy atom. The summed E-state index contributed by atoms with van der Waals surface area (Å²) in [5.41, 5.74) is 0.809. The molecular formula is C21H28N4O3. The molecule has 2 aromatic rings. The van der Waals surface area contributed by atoms with E-state index in [-0.39, 0.29) is 23.1 Å². The van der Waals surface area contributed by atoms with Crippen molar-refractivity contribution in [2.75, 3.05) is 26.7 Å². The average molecular weight is 384 g/mol. The van der Waals surface area contributed by atoms with Gasteiger partial charge >= 0.3 is 0 Å². The smallest absolute Gasteiger partial charge is 0.278 e. The van der Waals surface area contributed by atoms with Crippen LogP contribution in [0.25, 0.3) is 10.9 Å². The van der Waals surface area contributed by atoms with E-state index in [1.807, 2.05) is 22.6 Å². The normalized spacial score (nSPS) is 22.8. The fourth-order valence-electron chi connectivity index (χ4n) is 5.01. The topological polar surface area (TPSA) is 71.6 Å². The lowest BCUT2D eigenvalue weighted by molar-refractivity contribution is -0.383. The zero-order valence-corrected chi connectivity index (χ0v) is 16.4. The molecule has 0 spiro atoms. The highest BCUT2D eigenvalue weighted by atomic mass is 16.6. The van der Waals surface area contributed by atoms with Crippen LogP contribution in [-0.4, -0.2) is 57.9 Å². The van der Waals surface area contributed by atoms with Crippen LogP contribution in [0, 0.1) is 16.0 Å². The van der Waals surface area contributed by atoms with Crippen LogP contribution < -0.4 is 0 Å². The second-order valence-corrected chi connectivity index (χ2v) is 8.19. The van der Waals surface area contributed by atoms with E-state index in [4.69, 9.17) is 0 Å². The molecule has 2 aliphatic heterocycles.